The molecule has 0 atom stereocenters. The summed E-state index contributed by atoms with van der Waals surface area (Å²) < 4.78 is 43.3. The number of carbonyl (C=O) groups is 2. The molecule has 7 heteroatoms. The van der Waals surface area contributed by atoms with Crippen molar-refractivity contribution in [3.05, 3.63) is 29.8 Å². The summed E-state index contributed by atoms with van der Waals surface area (Å²) in [5, 5.41) is 0. The molecule has 1 aromatic rings. The lowest BCUT2D eigenvalue weighted by Crippen LogP contribution is -2.51. The molecule has 1 heterocycles. The van der Waals surface area contributed by atoms with Gasteiger partial charge in [-0.15, -0.1) is 0 Å². The number of rotatable bonds is 4. The van der Waals surface area contributed by atoms with Gasteiger partial charge < -0.3 is 9.64 Å². The van der Waals surface area contributed by atoms with Gasteiger partial charge in [-0.2, -0.15) is 13.2 Å². The van der Waals surface area contributed by atoms with E-state index >= 15 is 0 Å². The van der Waals surface area contributed by atoms with Gasteiger partial charge >= 0.3 is 12.1 Å². The van der Waals surface area contributed by atoms with E-state index in [0.717, 1.165) is 4.90 Å². The molecule has 2 rings (SSSR count). The van der Waals surface area contributed by atoms with Crippen LogP contribution in [0.25, 0.3) is 0 Å². The van der Waals surface area contributed by atoms with Crippen molar-refractivity contribution >= 4 is 11.7 Å². The fraction of sp³-hybridized carbons (Fsp3) is 0.529. The summed E-state index contributed by atoms with van der Waals surface area (Å²) in [6.07, 6.45) is -3.80. The third-order valence-corrected chi connectivity index (χ3v) is 4.21. The van der Waals surface area contributed by atoms with Crippen molar-refractivity contribution in [2.24, 2.45) is 0 Å². The summed E-state index contributed by atoms with van der Waals surface area (Å²) in [7, 11) is 0. The summed E-state index contributed by atoms with van der Waals surface area (Å²) in [6.45, 7) is 3.60. The molecule has 1 saturated heterocycles. The van der Waals surface area contributed by atoms with Crippen molar-refractivity contribution in [2.75, 3.05) is 13.1 Å². The molecule has 24 heavy (non-hydrogen) atoms. The second-order valence-electron chi connectivity index (χ2n) is 6.14. The molecule has 1 aliphatic heterocycles. The molecule has 1 aliphatic rings. The lowest BCUT2D eigenvalue weighted by atomic mass is 9.93. The number of alkyl halides is 3. The van der Waals surface area contributed by atoms with Crippen LogP contribution in [-0.2, 0) is 4.79 Å². The average molecular weight is 343 g/mol. The number of carbonyl (C=O) groups excluding carboxylic acids is 2. The molecule has 1 aromatic carbocycles. The van der Waals surface area contributed by atoms with Crippen LogP contribution in [0.3, 0.4) is 0 Å². The first-order chi connectivity index (χ1) is 11.1. The predicted molar refractivity (Wildman–Crippen MR) is 82.0 cm³/mol. The van der Waals surface area contributed by atoms with Crippen LogP contribution in [0.4, 0.5) is 13.2 Å². The molecule has 1 fully saturated rings. The Hall–Kier alpha value is -2.05. The van der Waals surface area contributed by atoms with Crippen LogP contribution in [-0.4, -0.2) is 41.5 Å². The van der Waals surface area contributed by atoms with Gasteiger partial charge in [-0.05, 0) is 31.2 Å². The van der Waals surface area contributed by atoms with Gasteiger partial charge in [0, 0.05) is 37.9 Å². The van der Waals surface area contributed by atoms with Crippen LogP contribution in [0.1, 0.15) is 43.5 Å². The highest BCUT2D eigenvalue weighted by atomic mass is 19.4. The first kappa shape index (κ1) is 18.3. The maximum Gasteiger partial charge on any atom is 0.471 e. The highest BCUT2D eigenvalue weighted by molar-refractivity contribution is 5.95. The number of benzene rings is 1. The zero-order valence-corrected chi connectivity index (χ0v) is 13.7. The molecular weight excluding hydrogens is 323 g/mol. The Morgan fingerprint density at radius 2 is 1.71 bits per heavy atom. The normalized spacial score (nSPS) is 17.5. The fourth-order valence-corrected chi connectivity index (χ4v) is 2.66. The molecule has 0 aliphatic carbocycles. The van der Waals surface area contributed by atoms with Gasteiger partial charge in [0.25, 0.3) is 0 Å². The summed E-state index contributed by atoms with van der Waals surface area (Å²) in [6, 6.07) is 6.71. The minimum atomic E-state index is -4.84. The maximum absolute atomic E-state index is 12.5. The highest BCUT2D eigenvalue weighted by Gasteiger charge is 2.45. The number of hydrogen-bond donors (Lipinski definition) is 0. The number of piperidine rings is 1. The second kappa shape index (κ2) is 6.83. The largest absolute Gasteiger partial charge is 0.487 e. The molecular formula is C17H20F3NO3. The fourth-order valence-electron chi connectivity index (χ4n) is 2.66. The van der Waals surface area contributed by atoms with E-state index in [-0.39, 0.29) is 18.9 Å². The van der Waals surface area contributed by atoms with E-state index in [1.165, 1.54) is 0 Å². The Morgan fingerprint density at radius 1 is 1.17 bits per heavy atom. The van der Waals surface area contributed by atoms with Gasteiger partial charge in [0.15, 0.2) is 5.78 Å². The van der Waals surface area contributed by atoms with Crippen molar-refractivity contribution < 1.29 is 27.5 Å². The number of Topliss-reactive ketones (excluding diaryl/α,β-unsaturated/α-hetero) is 1. The average Bonchev–Trinajstić information content (AvgIpc) is 2.54. The Balaban J connectivity index is 1.96. The minimum Gasteiger partial charge on any atom is -0.487 e. The molecule has 4 nitrogen and oxygen atoms in total. The van der Waals surface area contributed by atoms with Crippen molar-refractivity contribution in [3.8, 4) is 5.75 Å². The van der Waals surface area contributed by atoms with Crippen molar-refractivity contribution in [2.45, 2.75) is 44.9 Å². The van der Waals surface area contributed by atoms with Crippen LogP contribution in [0.2, 0.25) is 0 Å². The second-order valence-corrected chi connectivity index (χ2v) is 6.14. The quantitative estimate of drug-likeness (QED) is 0.785. The smallest absolute Gasteiger partial charge is 0.471 e. The molecule has 0 spiro atoms. The molecule has 132 valence electrons. The van der Waals surface area contributed by atoms with Crippen LogP contribution in [0.5, 0.6) is 5.75 Å². The Labute approximate surface area is 138 Å². The van der Waals surface area contributed by atoms with E-state index < -0.39 is 17.7 Å². The van der Waals surface area contributed by atoms with Gasteiger partial charge in [-0.1, -0.05) is 6.92 Å². The Bertz CT molecular complexity index is 603. The van der Waals surface area contributed by atoms with E-state index in [4.69, 9.17) is 4.74 Å². The SMILES string of the molecule is CCC(=O)c1ccc(OC2(C)CCN(C(=O)C(F)(F)F)CC2)cc1. The van der Waals surface area contributed by atoms with Crippen molar-refractivity contribution in [3.63, 3.8) is 0 Å². The number of likely N-dealkylation sites (tertiary alicyclic amines) is 1. The van der Waals surface area contributed by atoms with Crippen LogP contribution >= 0.6 is 0 Å². The van der Waals surface area contributed by atoms with E-state index in [2.05, 4.69) is 0 Å². The van der Waals surface area contributed by atoms with Gasteiger partial charge in [0.1, 0.15) is 11.4 Å². The van der Waals surface area contributed by atoms with Gasteiger partial charge in [0.05, 0.1) is 0 Å². The van der Waals surface area contributed by atoms with Crippen LogP contribution in [0, 0.1) is 0 Å². The first-order valence-corrected chi connectivity index (χ1v) is 7.83. The zero-order valence-electron chi connectivity index (χ0n) is 13.7. The Kier molecular flexibility index (Phi) is 5.20. The highest BCUT2D eigenvalue weighted by Crippen LogP contribution is 2.30. The summed E-state index contributed by atoms with van der Waals surface area (Å²) in [5.41, 5.74) is -0.0424. The first-order valence-electron chi connectivity index (χ1n) is 7.83. The van der Waals surface area contributed by atoms with Crippen LogP contribution < -0.4 is 4.74 Å². The molecule has 0 unspecified atom stereocenters. The summed E-state index contributed by atoms with van der Waals surface area (Å²) in [5.74, 6) is -1.21. The molecule has 0 N–H and O–H groups in total. The molecule has 0 aromatic heterocycles. The van der Waals surface area contributed by atoms with E-state index in [9.17, 15) is 22.8 Å². The molecule has 0 bridgehead atoms. The van der Waals surface area contributed by atoms with Crippen molar-refractivity contribution in [1.82, 2.24) is 4.90 Å². The standard InChI is InChI=1S/C17H20F3NO3/c1-3-14(22)12-4-6-13(7-5-12)24-16(2)8-10-21(11-9-16)15(23)17(18,19)20/h4-7H,3,8-11H2,1-2H3. The van der Waals surface area contributed by atoms with E-state index in [1.54, 1.807) is 31.2 Å². The summed E-state index contributed by atoms with van der Waals surface area (Å²) in [4.78, 5) is 23.6. The lowest BCUT2D eigenvalue weighted by molar-refractivity contribution is -0.188. The number of halogens is 3. The Morgan fingerprint density at radius 3 is 2.17 bits per heavy atom. The minimum absolute atomic E-state index is 0.00124. The van der Waals surface area contributed by atoms with Gasteiger partial charge in [0.2, 0.25) is 0 Å². The maximum atomic E-state index is 12.5. The van der Waals surface area contributed by atoms with Gasteiger partial charge in [-0.25, -0.2) is 0 Å². The van der Waals surface area contributed by atoms with E-state index in [0.29, 0.717) is 30.6 Å². The topological polar surface area (TPSA) is 46.6 Å². The van der Waals surface area contributed by atoms with Crippen LogP contribution in [0.15, 0.2) is 24.3 Å². The number of ketones is 1. The number of nitrogens with zero attached hydrogens (tertiary/aromatic N) is 1. The zero-order chi connectivity index (χ0) is 18.0. The summed E-state index contributed by atoms with van der Waals surface area (Å²) >= 11 is 0. The van der Waals surface area contributed by atoms with Gasteiger partial charge in [-0.3, -0.25) is 9.59 Å². The van der Waals surface area contributed by atoms with E-state index in [1.807, 2.05) is 6.92 Å². The predicted octanol–water partition coefficient (Wildman–Crippen LogP) is 3.60. The van der Waals surface area contributed by atoms with Crippen molar-refractivity contribution in [1.29, 1.82) is 0 Å². The molecule has 1 amide bonds. The number of amides is 1. The monoisotopic (exact) mass is 343 g/mol. The number of hydrogen-bond acceptors (Lipinski definition) is 3. The lowest BCUT2D eigenvalue weighted by Gasteiger charge is -2.39. The number of ether oxygens (including phenoxy) is 1. The molecule has 0 saturated carbocycles. The molecule has 0 radical (unpaired) electrons. The third kappa shape index (κ3) is 4.27. The third-order valence-electron chi connectivity index (χ3n) is 4.21.